The van der Waals surface area contributed by atoms with E-state index in [1.165, 1.54) is 24.4 Å². The Morgan fingerprint density at radius 2 is 1.62 bits per heavy atom. The molecule has 0 radical (unpaired) electrons. The van der Waals surface area contributed by atoms with Gasteiger partial charge in [-0.25, -0.2) is 0 Å². The minimum absolute atomic E-state index is 0.277. The molecule has 0 fully saturated rings. The molecular formula is C24H46O3Si2. The molecule has 2 unspecified atom stereocenters. The summed E-state index contributed by atoms with van der Waals surface area (Å²) in [6, 6.07) is 11.6. The Labute approximate surface area is 182 Å². The van der Waals surface area contributed by atoms with Crippen LogP contribution in [0.5, 0.6) is 0 Å². The van der Waals surface area contributed by atoms with Crippen molar-refractivity contribution in [1.82, 2.24) is 0 Å². The summed E-state index contributed by atoms with van der Waals surface area (Å²) in [6.07, 6.45) is 7.26. The normalized spacial score (nSPS) is 15.9. The van der Waals surface area contributed by atoms with Crippen LogP contribution in [-0.4, -0.2) is 36.7 Å². The molecule has 2 atom stereocenters. The first-order valence-electron chi connectivity index (χ1n) is 11.5. The van der Waals surface area contributed by atoms with E-state index in [9.17, 15) is 0 Å². The molecule has 0 bridgehead atoms. The van der Waals surface area contributed by atoms with Gasteiger partial charge in [0, 0.05) is 19.8 Å². The molecule has 1 rings (SSSR count). The van der Waals surface area contributed by atoms with Crippen molar-refractivity contribution in [2.24, 2.45) is 0 Å². The Morgan fingerprint density at radius 3 is 2.17 bits per heavy atom. The molecular weight excluding hydrogens is 392 g/mol. The van der Waals surface area contributed by atoms with E-state index in [1.54, 1.807) is 0 Å². The Balaban J connectivity index is 2.44. The first-order valence-corrected chi connectivity index (χ1v) is 16.4. The van der Waals surface area contributed by atoms with Crippen LogP contribution in [0.15, 0.2) is 30.3 Å². The SMILES string of the molecule is CCCC[Si](OC)(OCCCCCC(C)O[Si](C)(C)C(C)(C)C)c1ccccc1. The van der Waals surface area contributed by atoms with Crippen molar-refractivity contribution in [2.45, 2.75) is 103 Å². The molecule has 1 aromatic rings. The summed E-state index contributed by atoms with van der Waals surface area (Å²) >= 11 is 0. The van der Waals surface area contributed by atoms with Gasteiger partial charge in [0.15, 0.2) is 8.32 Å². The molecule has 168 valence electrons. The summed E-state index contributed by atoms with van der Waals surface area (Å²) in [5.74, 6) is 0. The topological polar surface area (TPSA) is 27.7 Å². The van der Waals surface area contributed by atoms with E-state index in [0.29, 0.717) is 6.10 Å². The Morgan fingerprint density at radius 1 is 0.966 bits per heavy atom. The van der Waals surface area contributed by atoms with E-state index in [1.807, 2.05) is 7.11 Å². The molecule has 0 aliphatic rings. The molecule has 0 amide bonds. The van der Waals surface area contributed by atoms with Crippen molar-refractivity contribution in [1.29, 1.82) is 0 Å². The summed E-state index contributed by atoms with van der Waals surface area (Å²) in [5.41, 5.74) is 0. The van der Waals surface area contributed by atoms with E-state index < -0.39 is 16.9 Å². The maximum absolute atomic E-state index is 6.49. The zero-order valence-electron chi connectivity index (χ0n) is 20.3. The van der Waals surface area contributed by atoms with Crippen LogP contribution < -0.4 is 5.19 Å². The van der Waals surface area contributed by atoms with Gasteiger partial charge in [-0.3, -0.25) is 0 Å². The Kier molecular flexibility index (Phi) is 11.4. The standard InChI is InChI=1S/C24H46O3Si2/c1-9-10-21-29(25-6,23-18-14-11-15-19-23)26-20-16-12-13-17-22(2)27-28(7,8)24(3,4)5/h11,14-15,18-19,22H,9-10,12-13,16-17,20-21H2,1-8H3. The maximum atomic E-state index is 6.49. The highest BCUT2D eigenvalue weighted by Crippen LogP contribution is 2.37. The fourth-order valence-corrected chi connectivity index (χ4v) is 7.99. The summed E-state index contributed by atoms with van der Waals surface area (Å²) in [5, 5.41) is 1.53. The van der Waals surface area contributed by atoms with Crippen molar-refractivity contribution >= 4 is 22.1 Å². The second-order valence-electron chi connectivity index (χ2n) is 9.81. The van der Waals surface area contributed by atoms with Gasteiger partial charge in [0.25, 0.3) is 0 Å². The molecule has 0 saturated carbocycles. The van der Waals surface area contributed by atoms with Gasteiger partial charge in [-0.05, 0) is 49.1 Å². The molecule has 1 aromatic carbocycles. The fourth-order valence-electron chi connectivity index (χ4n) is 3.37. The van der Waals surface area contributed by atoms with Gasteiger partial charge >= 0.3 is 8.56 Å². The average molecular weight is 439 g/mol. The third-order valence-electron chi connectivity index (χ3n) is 6.30. The van der Waals surface area contributed by atoms with Gasteiger partial charge in [-0.2, -0.15) is 0 Å². The highest BCUT2D eigenvalue weighted by molar-refractivity contribution is 6.81. The second-order valence-corrected chi connectivity index (χ2v) is 17.8. The van der Waals surface area contributed by atoms with Crippen LogP contribution in [0, 0.1) is 0 Å². The second kappa shape index (κ2) is 12.4. The lowest BCUT2D eigenvalue weighted by Crippen LogP contribution is -2.53. The monoisotopic (exact) mass is 438 g/mol. The summed E-state index contributed by atoms with van der Waals surface area (Å²) in [4.78, 5) is 0. The Hall–Kier alpha value is -0.466. The lowest BCUT2D eigenvalue weighted by atomic mass is 10.1. The summed E-state index contributed by atoms with van der Waals surface area (Å²) < 4.78 is 19.0. The van der Waals surface area contributed by atoms with E-state index in [-0.39, 0.29) is 5.04 Å². The van der Waals surface area contributed by atoms with Crippen LogP contribution in [0.4, 0.5) is 0 Å². The number of benzene rings is 1. The molecule has 0 heterocycles. The third-order valence-corrected chi connectivity index (χ3v) is 14.5. The molecule has 0 aliphatic heterocycles. The van der Waals surface area contributed by atoms with Crippen LogP contribution >= 0.6 is 0 Å². The molecule has 29 heavy (non-hydrogen) atoms. The molecule has 0 spiro atoms. The maximum Gasteiger partial charge on any atom is 0.372 e. The lowest BCUT2D eigenvalue weighted by molar-refractivity contribution is 0.180. The number of hydrogen-bond donors (Lipinski definition) is 0. The van der Waals surface area contributed by atoms with Crippen molar-refractivity contribution in [3.05, 3.63) is 30.3 Å². The highest BCUT2D eigenvalue weighted by atomic mass is 28.4. The van der Waals surface area contributed by atoms with E-state index >= 15 is 0 Å². The van der Waals surface area contributed by atoms with Gasteiger partial charge in [-0.1, -0.05) is 83.7 Å². The van der Waals surface area contributed by atoms with Crippen LogP contribution in [0.2, 0.25) is 24.2 Å². The average Bonchev–Trinajstić information content (AvgIpc) is 2.66. The largest absolute Gasteiger partial charge is 0.414 e. The predicted molar refractivity (Wildman–Crippen MR) is 131 cm³/mol. The third kappa shape index (κ3) is 8.66. The summed E-state index contributed by atoms with van der Waals surface area (Å²) in [6.45, 7) is 16.9. The molecule has 0 aliphatic carbocycles. The zero-order valence-corrected chi connectivity index (χ0v) is 22.3. The van der Waals surface area contributed by atoms with Crippen LogP contribution in [0.1, 0.15) is 73.1 Å². The van der Waals surface area contributed by atoms with Gasteiger partial charge < -0.3 is 13.3 Å². The van der Waals surface area contributed by atoms with Gasteiger partial charge in [0.05, 0.1) is 0 Å². The van der Waals surface area contributed by atoms with Crippen LogP contribution in [0.3, 0.4) is 0 Å². The highest BCUT2D eigenvalue weighted by Gasteiger charge is 2.39. The fraction of sp³-hybridized carbons (Fsp3) is 0.750. The minimum Gasteiger partial charge on any atom is -0.414 e. The Bertz CT molecular complexity index is 557. The van der Waals surface area contributed by atoms with E-state index in [0.717, 1.165) is 31.9 Å². The first-order chi connectivity index (χ1) is 13.6. The molecule has 0 aromatic heterocycles. The molecule has 0 N–H and O–H groups in total. The summed E-state index contributed by atoms with van der Waals surface area (Å²) in [7, 11) is -2.15. The number of rotatable bonds is 14. The predicted octanol–water partition coefficient (Wildman–Crippen LogP) is 6.77. The first kappa shape index (κ1) is 26.6. The van der Waals surface area contributed by atoms with Gasteiger partial charge in [-0.15, -0.1) is 0 Å². The van der Waals surface area contributed by atoms with Gasteiger partial charge in [0.2, 0.25) is 0 Å². The van der Waals surface area contributed by atoms with Crippen molar-refractivity contribution in [2.75, 3.05) is 13.7 Å². The van der Waals surface area contributed by atoms with E-state index in [4.69, 9.17) is 13.3 Å². The zero-order chi connectivity index (χ0) is 22.0. The quantitative estimate of drug-likeness (QED) is 0.237. The minimum atomic E-state index is -2.32. The number of unbranched alkanes of at least 4 members (excludes halogenated alkanes) is 3. The van der Waals surface area contributed by atoms with Gasteiger partial charge in [0.1, 0.15) is 0 Å². The smallest absolute Gasteiger partial charge is 0.372 e. The van der Waals surface area contributed by atoms with E-state index in [2.05, 4.69) is 78.0 Å². The molecule has 3 nitrogen and oxygen atoms in total. The van der Waals surface area contributed by atoms with Crippen LogP contribution in [-0.2, 0) is 13.3 Å². The molecule has 5 heteroatoms. The van der Waals surface area contributed by atoms with Crippen molar-refractivity contribution < 1.29 is 13.3 Å². The van der Waals surface area contributed by atoms with Crippen molar-refractivity contribution in [3.8, 4) is 0 Å². The van der Waals surface area contributed by atoms with Crippen molar-refractivity contribution in [3.63, 3.8) is 0 Å². The molecule has 0 saturated heterocycles. The van der Waals surface area contributed by atoms with Crippen LogP contribution in [0.25, 0.3) is 0 Å². The number of hydrogen-bond acceptors (Lipinski definition) is 3. The lowest BCUT2D eigenvalue weighted by Gasteiger charge is -2.38.